The van der Waals surface area contributed by atoms with E-state index in [0.717, 1.165) is 23.8 Å². The lowest BCUT2D eigenvalue weighted by atomic mass is 9.84. The molecule has 0 aromatic heterocycles. The first-order chi connectivity index (χ1) is 8.13. The van der Waals surface area contributed by atoms with Gasteiger partial charge in [-0.25, -0.2) is 0 Å². The SMILES string of the molecule is CNC(CC(C)CC(C)C)C1CCCCCC1. The van der Waals surface area contributed by atoms with Gasteiger partial charge in [-0.1, -0.05) is 46.5 Å². The summed E-state index contributed by atoms with van der Waals surface area (Å²) in [5.74, 6) is 2.66. The molecule has 1 nitrogen and oxygen atoms in total. The molecule has 0 aromatic carbocycles. The van der Waals surface area contributed by atoms with Crippen LogP contribution in [0.3, 0.4) is 0 Å². The molecule has 0 aromatic rings. The molecule has 0 bridgehead atoms. The van der Waals surface area contributed by atoms with E-state index in [1.165, 1.54) is 51.4 Å². The van der Waals surface area contributed by atoms with Crippen molar-refractivity contribution in [2.75, 3.05) is 7.05 Å². The van der Waals surface area contributed by atoms with Gasteiger partial charge in [0.2, 0.25) is 0 Å². The maximum absolute atomic E-state index is 3.60. The normalized spacial score (nSPS) is 22.4. The van der Waals surface area contributed by atoms with Crippen molar-refractivity contribution in [3.05, 3.63) is 0 Å². The summed E-state index contributed by atoms with van der Waals surface area (Å²) in [4.78, 5) is 0. The molecule has 17 heavy (non-hydrogen) atoms. The Kier molecular flexibility index (Phi) is 7.18. The van der Waals surface area contributed by atoms with Gasteiger partial charge in [0.25, 0.3) is 0 Å². The Hall–Kier alpha value is -0.0400. The first-order valence-corrected chi connectivity index (χ1v) is 7.80. The fraction of sp³-hybridized carbons (Fsp3) is 1.00. The molecule has 1 fully saturated rings. The lowest BCUT2D eigenvalue weighted by molar-refractivity contribution is 0.270. The number of nitrogens with one attached hydrogen (secondary N) is 1. The van der Waals surface area contributed by atoms with Gasteiger partial charge < -0.3 is 5.32 Å². The topological polar surface area (TPSA) is 12.0 Å². The number of hydrogen-bond acceptors (Lipinski definition) is 1. The van der Waals surface area contributed by atoms with E-state index in [4.69, 9.17) is 0 Å². The molecule has 0 amide bonds. The molecule has 2 unspecified atom stereocenters. The smallest absolute Gasteiger partial charge is 0.00948 e. The summed E-state index contributed by atoms with van der Waals surface area (Å²) < 4.78 is 0. The van der Waals surface area contributed by atoms with Gasteiger partial charge in [-0.05, 0) is 50.5 Å². The molecule has 0 spiro atoms. The molecule has 0 radical (unpaired) electrons. The molecular weight excluding hydrogens is 206 g/mol. The van der Waals surface area contributed by atoms with Crippen molar-refractivity contribution < 1.29 is 0 Å². The molecule has 0 heterocycles. The lowest BCUT2D eigenvalue weighted by Crippen LogP contribution is -2.35. The molecular formula is C16H33N. The van der Waals surface area contributed by atoms with Crippen LogP contribution in [-0.4, -0.2) is 13.1 Å². The fourth-order valence-electron chi connectivity index (χ4n) is 3.59. The quantitative estimate of drug-likeness (QED) is 0.667. The molecule has 0 aliphatic heterocycles. The molecule has 1 aliphatic carbocycles. The minimum Gasteiger partial charge on any atom is -0.317 e. The van der Waals surface area contributed by atoms with Gasteiger partial charge in [0.15, 0.2) is 0 Å². The summed E-state index contributed by atoms with van der Waals surface area (Å²) in [6, 6.07) is 0.766. The van der Waals surface area contributed by atoms with E-state index in [9.17, 15) is 0 Å². The third kappa shape index (κ3) is 5.90. The van der Waals surface area contributed by atoms with Crippen LogP contribution in [0.4, 0.5) is 0 Å². The second-order valence-electron chi connectivity index (χ2n) is 6.62. The van der Waals surface area contributed by atoms with Crippen LogP contribution in [0.15, 0.2) is 0 Å². The summed E-state index contributed by atoms with van der Waals surface area (Å²) in [7, 11) is 2.16. The van der Waals surface area contributed by atoms with Crippen molar-refractivity contribution in [2.45, 2.75) is 78.2 Å². The van der Waals surface area contributed by atoms with E-state index in [1.54, 1.807) is 0 Å². The summed E-state index contributed by atoms with van der Waals surface area (Å²) in [6.45, 7) is 7.12. The molecule has 102 valence electrons. The largest absolute Gasteiger partial charge is 0.317 e. The fourth-order valence-corrected chi connectivity index (χ4v) is 3.59. The average Bonchev–Trinajstić information content (AvgIpc) is 2.53. The minimum atomic E-state index is 0.766. The molecule has 1 aliphatic rings. The van der Waals surface area contributed by atoms with Crippen molar-refractivity contribution in [3.8, 4) is 0 Å². The Morgan fingerprint density at radius 1 is 0.941 bits per heavy atom. The highest BCUT2D eigenvalue weighted by atomic mass is 14.9. The molecule has 1 heteroatoms. The van der Waals surface area contributed by atoms with Gasteiger partial charge in [0, 0.05) is 6.04 Å². The van der Waals surface area contributed by atoms with Crippen LogP contribution in [0.2, 0.25) is 0 Å². The van der Waals surface area contributed by atoms with E-state index in [0.29, 0.717) is 0 Å². The molecule has 1 rings (SSSR count). The predicted octanol–water partition coefficient (Wildman–Crippen LogP) is 4.62. The van der Waals surface area contributed by atoms with E-state index in [1.807, 2.05) is 0 Å². The lowest BCUT2D eigenvalue weighted by Gasteiger charge is -2.29. The minimum absolute atomic E-state index is 0.766. The van der Waals surface area contributed by atoms with Crippen molar-refractivity contribution >= 4 is 0 Å². The number of rotatable bonds is 6. The molecule has 1 saturated carbocycles. The van der Waals surface area contributed by atoms with Crippen LogP contribution in [0.25, 0.3) is 0 Å². The van der Waals surface area contributed by atoms with E-state index in [-0.39, 0.29) is 0 Å². The third-order valence-corrected chi connectivity index (χ3v) is 4.37. The summed E-state index contributed by atoms with van der Waals surface area (Å²) in [5.41, 5.74) is 0. The van der Waals surface area contributed by atoms with Crippen LogP contribution >= 0.6 is 0 Å². The van der Waals surface area contributed by atoms with Gasteiger partial charge >= 0.3 is 0 Å². The summed E-state index contributed by atoms with van der Waals surface area (Å²) in [5, 5.41) is 3.60. The maximum Gasteiger partial charge on any atom is 0.00948 e. The Labute approximate surface area is 109 Å². The Bertz CT molecular complexity index is 180. The standard InChI is InChI=1S/C16H33N/c1-13(2)11-14(3)12-16(17-4)15-9-7-5-6-8-10-15/h13-17H,5-12H2,1-4H3. The predicted molar refractivity (Wildman–Crippen MR) is 77.3 cm³/mol. The maximum atomic E-state index is 3.60. The van der Waals surface area contributed by atoms with Crippen molar-refractivity contribution in [2.24, 2.45) is 17.8 Å². The van der Waals surface area contributed by atoms with Crippen LogP contribution in [0.5, 0.6) is 0 Å². The van der Waals surface area contributed by atoms with Crippen molar-refractivity contribution in [3.63, 3.8) is 0 Å². The second-order valence-corrected chi connectivity index (χ2v) is 6.62. The van der Waals surface area contributed by atoms with Crippen molar-refractivity contribution in [1.82, 2.24) is 5.32 Å². The Morgan fingerprint density at radius 2 is 1.53 bits per heavy atom. The van der Waals surface area contributed by atoms with Crippen LogP contribution in [0, 0.1) is 17.8 Å². The van der Waals surface area contributed by atoms with E-state index < -0.39 is 0 Å². The zero-order valence-electron chi connectivity index (χ0n) is 12.5. The first-order valence-electron chi connectivity index (χ1n) is 7.80. The third-order valence-electron chi connectivity index (χ3n) is 4.37. The summed E-state index contributed by atoms with van der Waals surface area (Å²) in [6.07, 6.45) is 11.5. The van der Waals surface area contributed by atoms with Gasteiger partial charge in [-0.3, -0.25) is 0 Å². The van der Waals surface area contributed by atoms with E-state index in [2.05, 4.69) is 33.1 Å². The molecule has 0 saturated heterocycles. The van der Waals surface area contributed by atoms with Gasteiger partial charge in [0.1, 0.15) is 0 Å². The van der Waals surface area contributed by atoms with E-state index >= 15 is 0 Å². The second kappa shape index (κ2) is 8.13. The Morgan fingerprint density at radius 3 is 2.00 bits per heavy atom. The first kappa shape index (κ1) is 15.0. The van der Waals surface area contributed by atoms with Crippen LogP contribution < -0.4 is 5.32 Å². The average molecular weight is 239 g/mol. The highest BCUT2D eigenvalue weighted by Crippen LogP contribution is 2.29. The van der Waals surface area contributed by atoms with Gasteiger partial charge in [0.05, 0.1) is 0 Å². The van der Waals surface area contributed by atoms with Gasteiger partial charge in [-0.15, -0.1) is 0 Å². The van der Waals surface area contributed by atoms with Gasteiger partial charge in [-0.2, -0.15) is 0 Å². The highest BCUT2D eigenvalue weighted by molar-refractivity contribution is 4.79. The monoisotopic (exact) mass is 239 g/mol. The van der Waals surface area contributed by atoms with Crippen LogP contribution in [0.1, 0.15) is 72.1 Å². The summed E-state index contributed by atoms with van der Waals surface area (Å²) >= 11 is 0. The Balaban J connectivity index is 2.39. The molecule has 2 atom stereocenters. The van der Waals surface area contributed by atoms with Crippen LogP contribution in [-0.2, 0) is 0 Å². The highest BCUT2D eigenvalue weighted by Gasteiger charge is 2.23. The van der Waals surface area contributed by atoms with Crippen molar-refractivity contribution in [1.29, 1.82) is 0 Å². The zero-order valence-corrected chi connectivity index (χ0v) is 12.5. The number of hydrogen-bond donors (Lipinski definition) is 1. The molecule has 1 N–H and O–H groups in total. The zero-order chi connectivity index (χ0) is 12.7.